The van der Waals surface area contributed by atoms with Crippen molar-refractivity contribution in [2.24, 2.45) is 0 Å². The summed E-state index contributed by atoms with van der Waals surface area (Å²) in [7, 11) is 1.09. The Labute approximate surface area is 234 Å². The molecule has 2 aliphatic rings. The number of anilines is 1. The first-order valence-electron chi connectivity index (χ1n) is 13.5. The van der Waals surface area contributed by atoms with Gasteiger partial charge in [-0.1, -0.05) is 13.0 Å². The standard InChI is InChI=1S/C29H32F6N2O4/c1-4-9-41-27(39)37-17(2)10-24(23-13-19-7-5-6-8-20(19)14-25(23)37)36(26(38)40-3)16-18-11-21(28(30,31)32)15-22(12-18)29(33,34)35/h11-15,17,24H,4-10,16H2,1-3H3/t17-,24+/m0/s1. The highest BCUT2D eigenvalue weighted by atomic mass is 19.4. The summed E-state index contributed by atoms with van der Waals surface area (Å²) in [6.45, 7) is 3.24. The van der Waals surface area contributed by atoms with Crippen LogP contribution in [0.25, 0.3) is 0 Å². The highest BCUT2D eigenvalue weighted by molar-refractivity contribution is 5.91. The molecular weight excluding hydrogens is 554 g/mol. The number of hydrogen-bond acceptors (Lipinski definition) is 4. The van der Waals surface area contributed by atoms with Gasteiger partial charge in [-0.05, 0) is 92.0 Å². The Morgan fingerprint density at radius 2 is 1.54 bits per heavy atom. The number of alkyl halides is 6. The molecule has 0 bridgehead atoms. The fourth-order valence-electron chi connectivity index (χ4n) is 5.62. The van der Waals surface area contributed by atoms with Gasteiger partial charge in [0.1, 0.15) is 0 Å². The van der Waals surface area contributed by atoms with E-state index in [1.165, 1.54) is 4.90 Å². The lowest BCUT2D eigenvalue weighted by atomic mass is 9.83. The predicted octanol–water partition coefficient (Wildman–Crippen LogP) is 8.06. The zero-order valence-corrected chi connectivity index (χ0v) is 23.0. The third kappa shape index (κ3) is 6.56. The van der Waals surface area contributed by atoms with Crippen LogP contribution in [0.4, 0.5) is 41.6 Å². The number of fused-ring (bicyclic) bond motifs is 2. The van der Waals surface area contributed by atoms with Gasteiger partial charge in [0.25, 0.3) is 0 Å². The molecule has 1 aliphatic carbocycles. The van der Waals surface area contributed by atoms with Gasteiger partial charge in [0.2, 0.25) is 0 Å². The molecule has 0 N–H and O–H groups in total. The summed E-state index contributed by atoms with van der Waals surface area (Å²) in [4.78, 5) is 28.8. The Kier molecular flexibility index (Phi) is 8.79. The zero-order valence-electron chi connectivity index (χ0n) is 23.0. The average molecular weight is 587 g/mol. The van der Waals surface area contributed by atoms with E-state index in [0.717, 1.165) is 48.8 Å². The third-order valence-corrected chi connectivity index (χ3v) is 7.53. The van der Waals surface area contributed by atoms with Gasteiger partial charge in [0, 0.05) is 12.6 Å². The Bertz CT molecular complexity index is 1260. The number of ether oxygens (including phenoxy) is 2. The van der Waals surface area contributed by atoms with Crippen molar-refractivity contribution in [2.45, 2.75) is 83.4 Å². The molecular formula is C29H32F6N2O4. The molecule has 0 aromatic heterocycles. The summed E-state index contributed by atoms with van der Waals surface area (Å²) in [5.74, 6) is 0. The smallest absolute Gasteiger partial charge is 0.416 e. The fraction of sp³-hybridized carbons (Fsp3) is 0.517. The van der Waals surface area contributed by atoms with Crippen molar-refractivity contribution in [1.82, 2.24) is 4.90 Å². The molecule has 0 fully saturated rings. The quantitative estimate of drug-likeness (QED) is 0.333. The third-order valence-electron chi connectivity index (χ3n) is 7.53. The van der Waals surface area contributed by atoms with Gasteiger partial charge in [-0.2, -0.15) is 26.3 Å². The van der Waals surface area contributed by atoms with E-state index in [4.69, 9.17) is 9.47 Å². The molecule has 0 spiro atoms. The Morgan fingerprint density at radius 1 is 0.951 bits per heavy atom. The molecule has 1 heterocycles. The van der Waals surface area contributed by atoms with Crippen molar-refractivity contribution in [3.8, 4) is 0 Å². The molecule has 2 atom stereocenters. The first-order valence-corrected chi connectivity index (χ1v) is 13.5. The number of aryl methyl sites for hydroxylation is 2. The number of nitrogens with zero attached hydrogens (tertiary/aromatic N) is 2. The van der Waals surface area contributed by atoms with Crippen LogP contribution in [0.15, 0.2) is 30.3 Å². The Hall–Kier alpha value is -3.44. The molecule has 6 nitrogen and oxygen atoms in total. The van der Waals surface area contributed by atoms with Crippen LogP contribution in [0.5, 0.6) is 0 Å². The lowest BCUT2D eigenvalue weighted by Crippen LogP contribution is -2.48. The molecule has 0 saturated carbocycles. The lowest BCUT2D eigenvalue weighted by Gasteiger charge is -2.43. The Morgan fingerprint density at radius 3 is 2.07 bits per heavy atom. The summed E-state index contributed by atoms with van der Waals surface area (Å²) in [5.41, 5.74) is -0.149. The minimum Gasteiger partial charge on any atom is -0.453 e. The van der Waals surface area contributed by atoms with Gasteiger partial charge >= 0.3 is 24.5 Å². The molecule has 12 heteroatoms. The van der Waals surface area contributed by atoms with Crippen LogP contribution in [0, 0.1) is 0 Å². The van der Waals surface area contributed by atoms with Crippen LogP contribution < -0.4 is 4.90 Å². The maximum absolute atomic E-state index is 13.5. The van der Waals surface area contributed by atoms with Gasteiger partial charge in [-0.3, -0.25) is 9.80 Å². The van der Waals surface area contributed by atoms with Gasteiger partial charge in [-0.25, -0.2) is 9.59 Å². The van der Waals surface area contributed by atoms with Crippen LogP contribution in [0.3, 0.4) is 0 Å². The van der Waals surface area contributed by atoms with E-state index in [1.54, 1.807) is 6.92 Å². The summed E-state index contributed by atoms with van der Waals surface area (Å²) < 4.78 is 91.7. The molecule has 41 heavy (non-hydrogen) atoms. The number of halogens is 6. The van der Waals surface area contributed by atoms with E-state index in [0.29, 0.717) is 29.8 Å². The number of benzene rings is 2. The monoisotopic (exact) mass is 586 g/mol. The maximum Gasteiger partial charge on any atom is 0.416 e. The second kappa shape index (κ2) is 11.8. The van der Waals surface area contributed by atoms with Crippen molar-refractivity contribution in [3.63, 3.8) is 0 Å². The zero-order chi connectivity index (χ0) is 30.1. The van der Waals surface area contributed by atoms with Crippen LogP contribution in [0.2, 0.25) is 0 Å². The van der Waals surface area contributed by atoms with E-state index in [-0.39, 0.29) is 24.7 Å². The maximum atomic E-state index is 13.5. The lowest BCUT2D eigenvalue weighted by molar-refractivity contribution is -0.143. The molecule has 2 aromatic rings. The normalized spacial score (nSPS) is 18.8. The molecule has 0 radical (unpaired) electrons. The number of hydrogen-bond donors (Lipinski definition) is 0. The molecule has 0 saturated heterocycles. The van der Waals surface area contributed by atoms with Crippen molar-refractivity contribution >= 4 is 17.9 Å². The minimum atomic E-state index is -5.03. The summed E-state index contributed by atoms with van der Waals surface area (Å²) in [6.07, 6.45) is -7.29. The van der Waals surface area contributed by atoms with Gasteiger partial charge < -0.3 is 9.47 Å². The SMILES string of the molecule is CCCOC(=O)N1c2cc3c(cc2[C@H](N(Cc2cc(C(F)(F)F)cc(C(F)(F)F)c2)C(=O)OC)C[C@@H]1C)CCCC3. The first-order chi connectivity index (χ1) is 19.2. The molecule has 224 valence electrons. The van der Waals surface area contributed by atoms with E-state index in [1.807, 2.05) is 19.1 Å². The highest BCUT2D eigenvalue weighted by Crippen LogP contribution is 2.45. The number of carbonyl (C=O) groups excluding carboxylic acids is 2. The van der Waals surface area contributed by atoms with Crippen molar-refractivity contribution in [1.29, 1.82) is 0 Å². The number of rotatable bonds is 5. The molecule has 2 amide bonds. The van der Waals surface area contributed by atoms with E-state index < -0.39 is 54.3 Å². The number of methoxy groups -OCH3 is 1. The van der Waals surface area contributed by atoms with Crippen LogP contribution in [-0.4, -0.2) is 36.8 Å². The highest BCUT2D eigenvalue weighted by Gasteiger charge is 2.41. The molecule has 4 rings (SSSR count). The minimum absolute atomic E-state index is 0.0516. The fourth-order valence-corrected chi connectivity index (χ4v) is 5.62. The van der Waals surface area contributed by atoms with Gasteiger partial charge in [-0.15, -0.1) is 0 Å². The van der Waals surface area contributed by atoms with Crippen molar-refractivity contribution < 1.29 is 45.4 Å². The van der Waals surface area contributed by atoms with Crippen LogP contribution in [0.1, 0.15) is 79.0 Å². The molecule has 0 unspecified atom stereocenters. The van der Waals surface area contributed by atoms with Crippen molar-refractivity contribution in [3.05, 3.63) is 63.7 Å². The van der Waals surface area contributed by atoms with Gasteiger partial charge in [0.05, 0.1) is 36.6 Å². The summed E-state index contributed by atoms with van der Waals surface area (Å²) in [5, 5.41) is 0. The first kappa shape index (κ1) is 30.5. The predicted molar refractivity (Wildman–Crippen MR) is 138 cm³/mol. The molecule has 2 aromatic carbocycles. The second-order valence-corrected chi connectivity index (χ2v) is 10.5. The Balaban J connectivity index is 1.83. The largest absolute Gasteiger partial charge is 0.453 e. The van der Waals surface area contributed by atoms with E-state index in [2.05, 4.69) is 0 Å². The topological polar surface area (TPSA) is 59.1 Å². The van der Waals surface area contributed by atoms with Crippen molar-refractivity contribution in [2.75, 3.05) is 18.6 Å². The number of amides is 2. The molecule has 1 aliphatic heterocycles. The summed E-state index contributed by atoms with van der Waals surface area (Å²) >= 11 is 0. The average Bonchev–Trinajstić information content (AvgIpc) is 2.91. The second-order valence-electron chi connectivity index (χ2n) is 10.5. The van der Waals surface area contributed by atoms with Crippen LogP contribution in [-0.2, 0) is 41.2 Å². The summed E-state index contributed by atoms with van der Waals surface area (Å²) in [6, 6.07) is 3.76. The van der Waals surface area contributed by atoms with E-state index in [9.17, 15) is 35.9 Å². The van der Waals surface area contributed by atoms with Gasteiger partial charge in [0.15, 0.2) is 0 Å². The van der Waals surface area contributed by atoms with E-state index >= 15 is 0 Å². The van der Waals surface area contributed by atoms with Crippen LogP contribution >= 0.6 is 0 Å². The number of carbonyl (C=O) groups is 2.